The van der Waals surface area contributed by atoms with Crippen LogP contribution in [0.1, 0.15) is 6.92 Å². The summed E-state index contributed by atoms with van der Waals surface area (Å²) >= 11 is 0. The van der Waals surface area contributed by atoms with Crippen molar-refractivity contribution in [2.24, 2.45) is 0 Å². The van der Waals surface area contributed by atoms with Crippen molar-refractivity contribution >= 4 is 5.97 Å². The van der Waals surface area contributed by atoms with E-state index in [9.17, 15) is 4.79 Å². The molecule has 1 heterocycles. The first-order valence-electron chi connectivity index (χ1n) is 4.97. The fourth-order valence-electron chi connectivity index (χ4n) is 1.36. The second-order valence-electron chi connectivity index (χ2n) is 3.44. The Morgan fingerprint density at radius 3 is 2.79 bits per heavy atom. The summed E-state index contributed by atoms with van der Waals surface area (Å²) in [5.74, 6) is -0.898. The largest absolute Gasteiger partial charge is 0.479 e. The van der Waals surface area contributed by atoms with E-state index >= 15 is 0 Å². The van der Waals surface area contributed by atoms with Crippen LogP contribution in [-0.4, -0.2) is 61.4 Å². The molecule has 1 aliphatic rings. The maximum Gasteiger partial charge on any atom is 0.332 e. The Labute approximate surface area is 84.0 Å². The van der Waals surface area contributed by atoms with Gasteiger partial charge in [0.15, 0.2) is 6.10 Å². The number of piperazine rings is 1. The van der Waals surface area contributed by atoms with Crippen LogP contribution < -0.4 is 5.32 Å². The van der Waals surface area contributed by atoms with Crippen LogP contribution in [0.4, 0.5) is 0 Å². The fraction of sp³-hybridized carbons (Fsp3) is 0.889. The summed E-state index contributed by atoms with van der Waals surface area (Å²) in [5.41, 5.74) is 0. The molecule has 0 aliphatic carbocycles. The Kier molecular flexibility index (Phi) is 4.86. The minimum absolute atomic E-state index is 0.494. The van der Waals surface area contributed by atoms with Gasteiger partial charge in [0, 0.05) is 32.7 Å². The predicted molar refractivity (Wildman–Crippen MR) is 52.4 cm³/mol. The van der Waals surface area contributed by atoms with Crippen molar-refractivity contribution in [2.75, 3.05) is 39.3 Å². The van der Waals surface area contributed by atoms with E-state index in [2.05, 4.69) is 10.2 Å². The molecule has 0 amide bonds. The summed E-state index contributed by atoms with van der Waals surface area (Å²) in [6.45, 7) is 6.92. The number of rotatable bonds is 5. The number of aliphatic carboxylic acids is 1. The van der Waals surface area contributed by atoms with Crippen LogP contribution in [0.3, 0.4) is 0 Å². The molecule has 0 aromatic carbocycles. The Balaban J connectivity index is 2.05. The van der Waals surface area contributed by atoms with Crippen molar-refractivity contribution in [2.45, 2.75) is 13.0 Å². The SMILES string of the molecule is CC(OCCN1CCNCC1)C(=O)O. The number of hydrogen-bond acceptors (Lipinski definition) is 4. The molecule has 0 aromatic heterocycles. The summed E-state index contributed by atoms with van der Waals surface area (Å²) in [6.07, 6.45) is -0.696. The molecule has 0 radical (unpaired) electrons. The Morgan fingerprint density at radius 2 is 2.21 bits per heavy atom. The number of carboxylic acid groups (broad SMARTS) is 1. The quantitative estimate of drug-likeness (QED) is 0.622. The van der Waals surface area contributed by atoms with Crippen LogP contribution in [0.2, 0.25) is 0 Å². The number of nitrogens with zero attached hydrogens (tertiary/aromatic N) is 1. The Morgan fingerprint density at radius 1 is 1.57 bits per heavy atom. The van der Waals surface area contributed by atoms with Crippen LogP contribution in [0.5, 0.6) is 0 Å². The first kappa shape index (κ1) is 11.4. The molecule has 0 aromatic rings. The van der Waals surface area contributed by atoms with Gasteiger partial charge in [-0.05, 0) is 6.92 Å². The zero-order chi connectivity index (χ0) is 10.4. The summed E-state index contributed by atoms with van der Waals surface area (Å²) in [7, 11) is 0. The minimum atomic E-state index is -0.898. The number of hydrogen-bond donors (Lipinski definition) is 2. The second-order valence-corrected chi connectivity index (χ2v) is 3.44. The zero-order valence-corrected chi connectivity index (χ0v) is 8.53. The lowest BCUT2D eigenvalue weighted by atomic mass is 10.3. The molecule has 82 valence electrons. The normalized spacial score (nSPS) is 20.6. The van der Waals surface area contributed by atoms with Gasteiger partial charge in [0.25, 0.3) is 0 Å². The van der Waals surface area contributed by atoms with Crippen molar-refractivity contribution in [1.82, 2.24) is 10.2 Å². The summed E-state index contributed by atoms with van der Waals surface area (Å²) in [6, 6.07) is 0. The van der Waals surface area contributed by atoms with Gasteiger partial charge in [-0.25, -0.2) is 4.79 Å². The zero-order valence-electron chi connectivity index (χ0n) is 8.53. The monoisotopic (exact) mass is 202 g/mol. The molecule has 0 bridgehead atoms. The van der Waals surface area contributed by atoms with Crippen molar-refractivity contribution in [3.8, 4) is 0 Å². The van der Waals surface area contributed by atoms with Gasteiger partial charge >= 0.3 is 5.97 Å². The smallest absolute Gasteiger partial charge is 0.332 e. The molecule has 1 unspecified atom stereocenters. The highest BCUT2D eigenvalue weighted by Crippen LogP contribution is 1.94. The Hall–Kier alpha value is -0.650. The van der Waals surface area contributed by atoms with Gasteiger partial charge in [0.2, 0.25) is 0 Å². The van der Waals surface area contributed by atoms with Gasteiger partial charge < -0.3 is 15.2 Å². The first-order valence-corrected chi connectivity index (χ1v) is 4.97. The maximum atomic E-state index is 10.4. The molecular formula is C9H18N2O3. The van der Waals surface area contributed by atoms with E-state index in [1.807, 2.05) is 0 Å². The summed E-state index contributed by atoms with van der Waals surface area (Å²) < 4.78 is 5.14. The van der Waals surface area contributed by atoms with Gasteiger partial charge in [0.05, 0.1) is 6.61 Å². The van der Waals surface area contributed by atoms with Gasteiger partial charge in [-0.2, -0.15) is 0 Å². The Bertz CT molecular complexity index is 181. The number of nitrogens with one attached hydrogen (secondary N) is 1. The van der Waals surface area contributed by atoms with E-state index in [1.54, 1.807) is 6.92 Å². The molecule has 1 fully saturated rings. The molecule has 1 saturated heterocycles. The summed E-state index contributed by atoms with van der Waals surface area (Å²) in [5, 5.41) is 11.8. The van der Waals surface area contributed by atoms with Crippen LogP contribution in [0.15, 0.2) is 0 Å². The highest BCUT2D eigenvalue weighted by Gasteiger charge is 2.13. The molecule has 1 rings (SSSR count). The van der Waals surface area contributed by atoms with E-state index in [0.717, 1.165) is 32.7 Å². The second kappa shape index (κ2) is 5.95. The standard InChI is InChI=1S/C9H18N2O3/c1-8(9(12)13)14-7-6-11-4-2-10-3-5-11/h8,10H,2-7H2,1H3,(H,12,13). The average Bonchev–Trinajstić information content (AvgIpc) is 2.19. The van der Waals surface area contributed by atoms with Gasteiger partial charge in [-0.3, -0.25) is 4.90 Å². The van der Waals surface area contributed by atoms with E-state index < -0.39 is 12.1 Å². The molecule has 1 atom stereocenters. The lowest BCUT2D eigenvalue weighted by Crippen LogP contribution is -2.45. The van der Waals surface area contributed by atoms with Crippen molar-refractivity contribution < 1.29 is 14.6 Å². The first-order chi connectivity index (χ1) is 6.70. The molecule has 0 saturated carbocycles. The predicted octanol–water partition coefficient (Wildman–Crippen LogP) is -0.619. The van der Waals surface area contributed by atoms with Gasteiger partial charge in [0.1, 0.15) is 0 Å². The van der Waals surface area contributed by atoms with E-state index in [4.69, 9.17) is 9.84 Å². The molecular weight excluding hydrogens is 184 g/mol. The van der Waals surface area contributed by atoms with Crippen molar-refractivity contribution in [1.29, 1.82) is 0 Å². The highest BCUT2D eigenvalue weighted by atomic mass is 16.5. The third-order valence-electron chi connectivity index (χ3n) is 2.33. The van der Waals surface area contributed by atoms with Crippen LogP contribution in [0.25, 0.3) is 0 Å². The molecule has 14 heavy (non-hydrogen) atoms. The van der Waals surface area contributed by atoms with Crippen LogP contribution >= 0.6 is 0 Å². The number of carbonyl (C=O) groups is 1. The highest BCUT2D eigenvalue weighted by molar-refractivity contribution is 5.71. The van der Waals surface area contributed by atoms with Crippen LogP contribution in [-0.2, 0) is 9.53 Å². The summed E-state index contributed by atoms with van der Waals surface area (Å²) in [4.78, 5) is 12.7. The minimum Gasteiger partial charge on any atom is -0.479 e. The fourth-order valence-corrected chi connectivity index (χ4v) is 1.36. The lowest BCUT2D eigenvalue weighted by molar-refractivity contribution is -0.149. The number of ether oxygens (including phenoxy) is 1. The molecule has 2 N–H and O–H groups in total. The van der Waals surface area contributed by atoms with Crippen molar-refractivity contribution in [3.05, 3.63) is 0 Å². The third kappa shape index (κ3) is 4.04. The van der Waals surface area contributed by atoms with E-state index in [1.165, 1.54) is 0 Å². The third-order valence-corrected chi connectivity index (χ3v) is 2.33. The number of carboxylic acids is 1. The van der Waals surface area contributed by atoms with E-state index in [-0.39, 0.29) is 0 Å². The van der Waals surface area contributed by atoms with E-state index in [0.29, 0.717) is 6.61 Å². The topological polar surface area (TPSA) is 61.8 Å². The molecule has 5 heteroatoms. The maximum absolute atomic E-state index is 10.4. The van der Waals surface area contributed by atoms with Crippen LogP contribution in [0, 0.1) is 0 Å². The lowest BCUT2D eigenvalue weighted by Gasteiger charge is -2.27. The van der Waals surface area contributed by atoms with Crippen molar-refractivity contribution in [3.63, 3.8) is 0 Å². The van der Waals surface area contributed by atoms with Gasteiger partial charge in [-0.15, -0.1) is 0 Å². The van der Waals surface area contributed by atoms with Gasteiger partial charge in [-0.1, -0.05) is 0 Å². The molecule has 5 nitrogen and oxygen atoms in total. The average molecular weight is 202 g/mol. The molecule has 0 spiro atoms. The molecule has 1 aliphatic heterocycles.